The van der Waals surface area contributed by atoms with Gasteiger partial charge in [-0.3, -0.25) is 0 Å². The highest BCUT2D eigenvalue weighted by Gasteiger charge is 2.16. The lowest BCUT2D eigenvalue weighted by Crippen LogP contribution is -2.42. The topological polar surface area (TPSA) is 21.7 Å². The second-order valence-electron chi connectivity index (χ2n) is 2.86. The number of hydrogen-bond donors (Lipinski definition) is 0. The van der Waals surface area contributed by atoms with Crippen LogP contribution in [0.5, 0.6) is 0 Å². The summed E-state index contributed by atoms with van der Waals surface area (Å²) in [6.07, 6.45) is 5.92. The summed E-state index contributed by atoms with van der Waals surface area (Å²) in [7, 11) is 1.98. The highest BCUT2D eigenvalue weighted by molar-refractivity contribution is 4.86. The van der Waals surface area contributed by atoms with Crippen molar-refractivity contribution >= 4 is 0 Å². The minimum absolute atomic E-state index is 1.11. The zero-order valence-corrected chi connectivity index (χ0v) is 6.25. The Bertz CT molecular complexity index is 215. The SMILES string of the molecule is Cn1cc2[n+](n1)CCCC2. The van der Waals surface area contributed by atoms with Crippen LogP contribution in [0.2, 0.25) is 0 Å². The van der Waals surface area contributed by atoms with E-state index in [1.807, 2.05) is 11.7 Å². The van der Waals surface area contributed by atoms with Gasteiger partial charge in [-0.25, -0.2) is 0 Å². The predicted molar refractivity (Wildman–Crippen MR) is 36.3 cm³/mol. The largest absolute Gasteiger partial charge is 0.167 e. The van der Waals surface area contributed by atoms with E-state index in [0.29, 0.717) is 0 Å². The van der Waals surface area contributed by atoms with Crippen molar-refractivity contribution in [3.05, 3.63) is 11.9 Å². The first-order chi connectivity index (χ1) is 4.86. The Morgan fingerprint density at radius 1 is 1.60 bits per heavy atom. The number of aryl methyl sites for hydroxylation is 3. The molecule has 0 radical (unpaired) electrons. The van der Waals surface area contributed by atoms with Gasteiger partial charge in [0.25, 0.3) is 0 Å². The average Bonchev–Trinajstić information content (AvgIpc) is 2.27. The Morgan fingerprint density at radius 2 is 2.50 bits per heavy atom. The second kappa shape index (κ2) is 2.08. The second-order valence-corrected chi connectivity index (χ2v) is 2.86. The van der Waals surface area contributed by atoms with E-state index < -0.39 is 0 Å². The molecule has 2 heterocycles. The zero-order chi connectivity index (χ0) is 6.97. The summed E-state index contributed by atoms with van der Waals surface area (Å²) < 4.78 is 3.99. The summed E-state index contributed by atoms with van der Waals surface area (Å²) in [6, 6.07) is 0. The van der Waals surface area contributed by atoms with Gasteiger partial charge in [-0.2, -0.15) is 0 Å². The summed E-state index contributed by atoms with van der Waals surface area (Å²) in [6.45, 7) is 1.11. The van der Waals surface area contributed by atoms with E-state index in [4.69, 9.17) is 0 Å². The Hall–Kier alpha value is -0.860. The van der Waals surface area contributed by atoms with Crippen molar-refractivity contribution in [2.24, 2.45) is 7.05 Å². The van der Waals surface area contributed by atoms with Crippen LogP contribution in [0.15, 0.2) is 6.20 Å². The Kier molecular flexibility index (Phi) is 1.22. The average molecular weight is 138 g/mol. The first kappa shape index (κ1) is 5.89. The van der Waals surface area contributed by atoms with Crippen LogP contribution in [0.25, 0.3) is 0 Å². The molecule has 1 aliphatic rings. The van der Waals surface area contributed by atoms with Crippen molar-refractivity contribution in [3.8, 4) is 0 Å². The first-order valence-corrected chi connectivity index (χ1v) is 3.79. The molecular formula is C7H12N3+. The van der Waals surface area contributed by atoms with Gasteiger partial charge in [0.05, 0.1) is 5.21 Å². The van der Waals surface area contributed by atoms with Gasteiger partial charge in [-0.1, -0.05) is 0 Å². The molecule has 0 N–H and O–H groups in total. The lowest BCUT2D eigenvalue weighted by molar-refractivity contribution is -0.765. The van der Waals surface area contributed by atoms with Crippen molar-refractivity contribution in [1.29, 1.82) is 0 Å². The Labute approximate surface area is 60.3 Å². The molecule has 10 heavy (non-hydrogen) atoms. The van der Waals surface area contributed by atoms with E-state index in [2.05, 4.69) is 16.1 Å². The van der Waals surface area contributed by atoms with Gasteiger partial charge in [-0.05, 0) is 12.8 Å². The maximum atomic E-state index is 4.28. The van der Waals surface area contributed by atoms with Crippen molar-refractivity contribution in [2.45, 2.75) is 25.8 Å². The van der Waals surface area contributed by atoms with Gasteiger partial charge >= 0.3 is 0 Å². The van der Waals surface area contributed by atoms with Crippen LogP contribution in [0, 0.1) is 0 Å². The molecule has 1 aromatic heterocycles. The Balaban J connectivity index is 2.41. The molecule has 0 saturated carbocycles. The number of fused-ring (bicyclic) bond motifs is 1. The molecule has 0 fully saturated rings. The maximum absolute atomic E-state index is 4.28. The molecule has 0 bridgehead atoms. The van der Waals surface area contributed by atoms with Gasteiger partial charge in [0, 0.05) is 6.42 Å². The number of hydrogen-bond acceptors (Lipinski definition) is 1. The third kappa shape index (κ3) is 0.818. The van der Waals surface area contributed by atoms with Gasteiger partial charge in [0.1, 0.15) is 13.6 Å². The molecule has 0 amide bonds. The van der Waals surface area contributed by atoms with Crippen molar-refractivity contribution in [2.75, 3.05) is 0 Å². The highest BCUT2D eigenvalue weighted by atomic mass is 15.5. The molecule has 1 aromatic rings. The molecule has 0 unspecified atom stereocenters. The molecule has 0 spiro atoms. The lowest BCUT2D eigenvalue weighted by Gasteiger charge is -2.03. The number of rotatable bonds is 0. The maximum Gasteiger partial charge on any atom is 0.167 e. The van der Waals surface area contributed by atoms with Crippen molar-refractivity contribution < 1.29 is 4.68 Å². The van der Waals surface area contributed by atoms with Crippen LogP contribution < -0.4 is 4.68 Å². The summed E-state index contributed by atoms with van der Waals surface area (Å²) >= 11 is 0. The molecule has 0 aliphatic carbocycles. The summed E-state index contributed by atoms with van der Waals surface area (Å²) in [5.41, 5.74) is 1.38. The molecule has 1 aliphatic heterocycles. The summed E-state index contributed by atoms with van der Waals surface area (Å²) in [4.78, 5) is 0. The standard InChI is InChI=1S/C7H12N3/c1-9-6-7-4-2-3-5-10(7)8-9/h6H,2-5H2,1H3/q+1. The van der Waals surface area contributed by atoms with Crippen LogP contribution in [-0.4, -0.2) is 9.90 Å². The van der Waals surface area contributed by atoms with E-state index in [9.17, 15) is 0 Å². The summed E-state index contributed by atoms with van der Waals surface area (Å²) in [5.74, 6) is 0. The van der Waals surface area contributed by atoms with Crippen LogP contribution in [0.3, 0.4) is 0 Å². The molecular weight excluding hydrogens is 126 g/mol. The predicted octanol–water partition coefficient (Wildman–Crippen LogP) is 0.0439. The normalized spacial score (nSPS) is 16.9. The van der Waals surface area contributed by atoms with E-state index >= 15 is 0 Å². The lowest BCUT2D eigenvalue weighted by atomic mass is 10.1. The zero-order valence-electron chi connectivity index (χ0n) is 6.25. The fraction of sp³-hybridized carbons (Fsp3) is 0.714. The van der Waals surface area contributed by atoms with E-state index in [-0.39, 0.29) is 0 Å². The monoisotopic (exact) mass is 138 g/mol. The molecule has 54 valence electrons. The van der Waals surface area contributed by atoms with Crippen LogP contribution >= 0.6 is 0 Å². The molecule has 0 atom stereocenters. The molecule has 0 saturated heterocycles. The quantitative estimate of drug-likeness (QED) is 0.464. The molecule has 2 rings (SSSR count). The highest BCUT2D eigenvalue weighted by Crippen LogP contribution is 2.04. The van der Waals surface area contributed by atoms with E-state index in [1.165, 1.54) is 25.0 Å². The van der Waals surface area contributed by atoms with Gasteiger partial charge < -0.3 is 0 Å². The van der Waals surface area contributed by atoms with E-state index in [1.54, 1.807) is 0 Å². The fourth-order valence-electron chi connectivity index (χ4n) is 1.49. The molecule has 3 nitrogen and oxygen atoms in total. The van der Waals surface area contributed by atoms with Crippen LogP contribution in [-0.2, 0) is 20.0 Å². The van der Waals surface area contributed by atoms with Crippen LogP contribution in [0.1, 0.15) is 18.5 Å². The smallest absolute Gasteiger partial charge is 0.140 e. The van der Waals surface area contributed by atoms with Crippen molar-refractivity contribution in [1.82, 2.24) is 9.90 Å². The van der Waals surface area contributed by atoms with Crippen molar-refractivity contribution in [3.63, 3.8) is 0 Å². The molecule has 3 heteroatoms. The molecule has 0 aromatic carbocycles. The minimum atomic E-state index is 1.11. The van der Waals surface area contributed by atoms with Gasteiger partial charge in [0.15, 0.2) is 11.9 Å². The third-order valence-corrected chi connectivity index (χ3v) is 1.97. The van der Waals surface area contributed by atoms with Crippen LogP contribution in [0.4, 0.5) is 0 Å². The Morgan fingerprint density at radius 3 is 3.30 bits per heavy atom. The fourth-order valence-corrected chi connectivity index (χ4v) is 1.49. The van der Waals surface area contributed by atoms with E-state index in [0.717, 1.165) is 6.54 Å². The number of nitrogens with zero attached hydrogens (tertiary/aromatic N) is 3. The van der Waals surface area contributed by atoms with Gasteiger partial charge in [-0.15, -0.1) is 9.36 Å². The number of aromatic nitrogens is 3. The van der Waals surface area contributed by atoms with Gasteiger partial charge in [0.2, 0.25) is 0 Å². The summed E-state index contributed by atoms with van der Waals surface area (Å²) in [5, 5.41) is 4.28. The third-order valence-electron chi connectivity index (χ3n) is 1.97. The first-order valence-electron chi connectivity index (χ1n) is 3.79. The minimum Gasteiger partial charge on any atom is -0.140 e.